The first kappa shape index (κ1) is 15.9. The second-order valence-electron chi connectivity index (χ2n) is 6.45. The van der Waals surface area contributed by atoms with E-state index in [9.17, 15) is 10.2 Å². The second kappa shape index (κ2) is 6.75. The van der Waals surface area contributed by atoms with Gasteiger partial charge in [0.1, 0.15) is 0 Å². The van der Waals surface area contributed by atoms with E-state index in [2.05, 4.69) is 10.2 Å². The fourth-order valence-corrected chi connectivity index (χ4v) is 3.82. The summed E-state index contributed by atoms with van der Waals surface area (Å²) in [6.45, 7) is 0.0898. The molecule has 0 radical (unpaired) electrons. The molecule has 1 aliphatic rings. The third kappa shape index (κ3) is 2.73. The maximum Gasteiger partial charge on any atom is 0.0968 e. The smallest absolute Gasteiger partial charge is 0.0968 e. The van der Waals surface area contributed by atoms with Gasteiger partial charge in [0.05, 0.1) is 24.6 Å². The summed E-state index contributed by atoms with van der Waals surface area (Å²) in [7, 11) is 0. The van der Waals surface area contributed by atoms with Gasteiger partial charge in [0, 0.05) is 23.0 Å². The van der Waals surface area contributed by atoms with Gasteiger partial charge in [-0.05, 0) is 17.5 Å². The topological polar surface area (TPSA) is 66.2 Å². The van der Waals surface area contributed by atoms with E-state index in [0.717, 1.165) is 40.1 Å². The minimum Gasteiger partial charge on any atom is -0.396 e. The first-order valence-corrected chi connectivity index (χ1v) is 8.56. The lowest BCUT2D eigenvalue weighted by atomic mass is 9.93. The number of aromatic nitrogens is 2. The molecular formula is C21H20N2O2. The third-order valence-electron chi connectivity index (χ3n) is 4.97. The number of hydrogen-bond acceptors (Lipinski definition) is 4. The Balaban J connectivity index is 1.98. The van der Waals surface area contributed by atoms with Crippen molar-refractivity contribution in [3.05, 3.63) is 71.8 Å². The highest BCUT2D eigenvalue weighted by Gasteiger charge is 2.36. The standard InChI is InChI=1S/C21H20N2O2/c24-12-16-11-17(13-25)19-18(16)20(14-7-3-1-4-8-14)22-23-21(19)15-9-5-2-6-10-15/h1-10,16-17,24-25H,11-13H2/t16-,17+. The van der Waals surface area contributed by atoms with Crippen LogP contribution < -0.4 is 0 Å². The van der Waals surface area contributed by atoms with E-state index in [1.807, 2.05) is 60.7 Å². The van der Waals surface area contributed by atoms with Crippen molar-refractivity contribution in [3.8, 4) is 22.5 Å². The lowest BCUT2D eigenvalue weighted by molar-refractivity contribution is 0.234. The highest BCUT2D eigenvalue weighted by molar-refractivity contribution is 5.74. The lowest BCUT2D eigenvalue weighted by Gasteiger charge is -2.16. The number of hydrogen-bond donors (Lipinski definition) is 2. The Bertz CT molecular complexity index is 793. The fourth-order valence-electron chi connectivity index (χ4n) is 3.82. The molecule has 0 unspecified atom stereocenters. The summed E-state index contributed by atoms with van der Waals surface area (Å²) in [5, 5.41) is 28.9. The van der Waals surface area contributed by atoms with E-state index >= 15 is 0 Å². The van der Waals surface area contributed by atoms with Crippen LogP contribution in [-0.2, 0) is 0 Å². The molecule has 2 aromatic carbocycles. The molecule has 0 fully saturated rings. The molecule has 1 aliphatic carbocycles. The van der Waals surface area contributed by atoms with Crippen molar-refractivity contribution in [2.75, 3.05) is 13.2 Å². The molecule has 2 N–H and O–H groups in total. The van der Waals surface area contributed by atoms with Crippen molar-refractivity contribution in [1.82, 2.24) is 10.2 Å². The Labute approximate surface area is 146 Å². The number of aliphatic hydroxyl groups is 2. The van der Waals surface area contributed by atoms with Crippen LogP contribution in [0.3, 0.4) is 0 Å². The number of rotatable bonds is 4. The molecule has 126 valence electrons. The normalized spacial score (nSPS) is 19.0. The molecule has 0 bridgehead atoms. The van der Waals surface area contributed by atoms with Crippen molar-refractivity contribution in [3.63, 3.8) is 0 Å². The van der Waals surface area contributed by atoms with Gasteiger partial charge in [-0.25, -0.2) is 0 Å². The summed E-state index contributed by atoms with van der Waals surface area (Å²) >= 11 is 0. The van der Waals surface area contributed by atoms with Crippen molar-refractivity contribution < 1.29 is 10.2 Å². The Morgan fingerprint density at radius 3 is 1.44 bits per heavy atom. The van der Waals surface area contributed by atoms with E-state index in [1.54, 1.807) is 0 Å². The van der Waals surface area contributed by atoms with Crippen LogP contribution in [0.25, 0.3) is 22.5 Å². The Hall–Kier alpha value is -2.56. The van der Waals surface area contributed by atoms with Crippen LogP contribution in [-0.4, -0.2) is 33.6 Å². The Morgan fingerprint density at radius 2 is 1.08 bits per heavy atom. The molecule has 3 aromatic rings. The zero-order valence-electron chi connectivity index (χ0n) is 13.8. The summed E-state index contributed by atoms with van der Waals surface area (Å²) in [4.78, 5) is 0. The second-order valence-corrected chi connectivity index (χ2v) is 6.45. The van der Waals surface area contributed by atoms with E-state index in [-0.39, 0.29) is 25.0 Å². The number of nitrogens with zero attached hydrogens (tertiary/aromatic N) is 2. The summed E-state index contributed by atoms with van der Waals surface area (Å²) < 4.78 is 0. The summed E-state index contributed by atoms with van der Waals surface area (Å²) in [5.41, 5.74) is 5.66. The molecular weight excluding hydrogens is 312 g/mol. The van der Waals surface area contributed by atoms with E-state index in [4.69, 9.17) is 0 Å². The van der Waals surface area contributed by atoms with Crippen LogP contribution in [0.2, 0.25) is 0 Å². The van der Waals surface area contributed by atoms with Crippen LogP contribution in [0.4, 0.5) is 0 Å². The summed E-state index contributed by atoms with van der Waals surface area (Å²) in [6, 6.07) is 19.9. The minimum atomic E-state index is -0.0275. The monoisotopic (exact) mass is 332 g/mol. The number of benzene rings is 2. The van der Waals surface area contributed by atoms with Crippen molar-refractivity contribution in [2.24, 2.45) is 0 Å². The molecule has 1 heterocycles. The average Bonchev–Trinajstić information content (AvgIpc) is 3.07. The van der Waals surface area contributed by atoms with Crippen LogP contribution in [0, 0.1) is 0 Å². The van der Waals surface area contributed by atoms with E-state index < -0.39 is 0 Å². The number of fused-ring (bicyclic) bond motifs is 1. The highest BCUT2D eigenvalue weighted by atomic mass is 16.3. The highest BCUT2D eigenvalue weighted by Crippen LogP contribution is 2.48. The van der Waals surface area contributed by atoms with Gasteiger partial charge in [0.2, 0.25) is 0 Å². The zero-order valence-corrected chi connectivity index (χ0v) is 13.8. The van der Waals surface area contributed by atoms with Gasteiger partial charge in [-0.1, -0.05) is 60.7 Å². The zero-order chi connectivity index (χ0) is 17.2. The molecule has 0 spiro atoms. The van der Waals surface area contributed by atoms with Crippen LogP contribution in [0.1, 0.15) is 29.4 Å². The molecule has 4 nitrogen and oxygen atoms in total. The minimum absolute atomic E-state index is 0.0275. The molecule has 1 aromatic heterocycles. The van der Waals surface area contributed by atoms with Gasteiger partial charge in [0.15, 0.2) is 0 Å². The van der Waals surface area contributed by atoms with Gasteiger partial charge in [-0.3, -0.25) is 0 Å². The first-order valence-electron chi connectivity index (χ1n) is 8.56. The molecule has 4 rings (SSSR count). The Kier molecular flexibility index (Phi) is 4.30. The van der Waals surface area contributed by atoms with Gasteiger partial charge < -0.3 is 10.2 Å². The van der Waals surface area contributed by atoms with Crippen LogP contribution >= 0.6 is 0 Å². The van der Waals surface area contributed by atoms with Gasteiger partial charge in [-0.15, -0.1) is 10.2 Å². The first-order chi connectivity index (χ1) is 12.3. The van der Waals surface area contributed by atoms with Crippen molar-refractivity contribution in [1.29, 1.82) is 0 Å². The van der Waals surface area contributed by atoms with Crippen molar-refractivity contribution in [2.45, 2.75) is 18.3 Å². The summed E-state index contributed by atoms with van der Waals surface area (Å²) in [6.07, 6.45) is 0.718. The fraction of sp³-hybridized carbons (Fsp3) is 0.238. The quantitative estimate of drug-likeness (QED) is 0.769. The molecule has 25 heavy (non-hydrogen) atoms. The summed E-state index contributed by atoms with van der Waals surface area (Å²) in [5.74, 6) is -0.0550. The number of aliphatic hydroxyl groups excluding tert-OH is 2. The van der Waals surface area contributed by atoms with Crippen LogP contribution in [0.15, 0.2) is 60.7 Å². The van der Waals surface area contributed by atoms with Gasteiger partial charge >= 0.3 is 0 Å². The van der Waals surface area contributed by atoms with Crippen LogP contribution in [0.5, 0.6) is 0 Å². The lowest BCUT2D eigenvalue weighted by Crippen LogP contribution is -2.06. The van der Waals surface area contributed by atoms with E-state index in [1.165, 1.54) is 0 Å². The molecule has 0 saturated carbocycles. The van der Waals surface area contributed by atoms with E-state index in [0.29, 0.717) is 0 Å². The average molecular weight is 332 g/mol. The predicted octanol–water partition coefficient (Wildman–Crippen LogP) is 3.37. The maximum atomic E-state index is 9.93. The SMILES string of the molecule is OC[C@@H]1C[C@H](CO)c2c(-c3ccccc3)nnc(-c3ccccc3)c21. The molecule has 0 amide bonds. The molecule has 4 heteroatoms. The largest absolute Gasteiger partial charge is 0.396 e. The maximum absolute atomic E-state index is 9.93. The molecule has 0 aliphatic heterocycles. The third-order valence-corrected chi connectivity index (χ3v) is 4.97. The molecule has 0 saturated heterocycles. The van der Waals surface area contributed by atoms with Gasteiger partial charge in [0.25, 0.3) is 0 Å². The van der Waals surface area contributed by atoms with Crippen molar-refractivity contribution >= 4 is 0 Å². The Morgan fingerprint density at radius 1 is 0.680 bits per heavy atom. The predicted molar refractivity (Wildman–Crippen MR) is 97.2 cm³/mol. The van der Waals surface area contributed by atoms with Gasteiger partial charge in [-0.2, -0.15) is 0 Å². The molecule has 2 atom stereocenters.